The smallest absolute Gasteiger partial charge is 0.408 e. The highest BCUT2D eigenvalue weighted by Gasteiger charge is 2.57. The number of nitrogens with one attached hydrogen (secondary N) is 2. The molecule has 2 saturated heterocycles. The number of ether oxygens (including phenoxy) is 12. The molecule has 2 heterocycles. The first-order valence-corrected chi connectivity index (χ1v) is 21.6. The van der Waals surface area contributed by atoms with Crippen molar-refractivity contribution in [3.8, 4) is 0 Å². The first kappa shape index (κ1) is 56.6. The van der Waals surface area contributed by atoms with Gasteiger partial charge < -0.3 is 67.5 Å². The Labute approximate surface area is 385 Å². The van der Waals surface area contributed by atoms with E-state index in [9.17, 15) is 47.9 Å². The Bertz CT molecular complexity index is 1770. The first-order chi connectivity index (χ1) is 30.8. The van der Waals surface area contributed by atoms with Crippen molar-refractivity contribution < 1.29 is 105 Å². The molecule has 2 N–H and O–H groups in total. The number of hydrogen-bond donors (Lipinski definition) is 2. The molecule has 372 valence electrons. The van der Waals surface area contributed by atoms with Crippen molar-refractivity contribution in [3.63, 3.8) is 0 Å². The molecule has 2 rings (SSSR count). The van der Waals surface area contributed by atoms with Crippen LogP contribution in [0.15, 0.2) is 12.7 Å². The maximum absolute atomic E-state index is 14.1. The van der Waals surface area contributed by atoms with Crippen LogP contribution < -0.4 is 10.6 Å². The zero-order chi connectivity index (χ0) is 50.1. The number of allylic oxidation sites excluding steroid dienone is 1. The van der Waals surface area contributed by atoms with Crippen LogP contribution in [0.25, 0.3) is 0 Å². The van der Waals surface area contributed by atoms with Crippen LogP contribution in [0, 0.1) is 0 Å². The molecule has 0 spiro atoms. The second kappa shape index (κ2) is 26.6. The topological polar surface area (TPSA) is 306 Å². The van der Waals surface area contributed by atoms with Crippen molar-refractivity contribution in [2.24, 2.45) is 0 Å². The van der Waals surface area contributed by atoms with E-state index in [4.69, 9.17) is 56.8 Å². The van der Waals surface area contributed by atoms with Crippen molar-refractivity contribution in [3.05, 3.63) is 12.7 Å². The van der Waals surface area contributed by atoms with E-state index in [0.717, 1.165) is 60.2 Å². The van der Waals surface area contributed by atoms with E-state index in [2.05, 4.69) is 17.2 Å². The fraction of sp³-hybridized carbons (Fsp3) is 0.707. The minimum Gasteiger partial charge on any atom is -0.464 e. The number of hydrogen-bond acceptors (Lipinski definition) is 23. The number of esters is 8. The van der Waals surface area contributed by atoms with Crippen LogP contribution in [-0.2, 0) is 100.0 Å². The number of rotatable bonds is 21. The summed E-state index contributed by atoms with van der Waals surface area (Å²) in [6.07, 6.45) is -16.7. The highest BCUT2D eigenvalue weighted by atomic mass is 32.2. The minimum absolute atomic E-state index is 0.0282. The Morgan fingerprint density at radius 2 is 1.11 bits per heavy atom. The summed E-state index contributed by atoms with van der Waals surface area (Å²) in [6.45, 7) is 15.9. The lowest BCUT2D eigenvalue weighted by atomic mass is 9.95. The second-order valence-electron chi connectivity index (χ2n) is 15.5. The number of carbonyl (C=O) groups excluding carboxylic acids is 10. The van der Waals surface area contributed by atoms with E-state index in [1.807, 2.05) is 0 Å². The number of thioether (sulfide) groups is 1. The van der Waals surface area contributed by atoms with Gasteiger partial charge in [-0.1, -0.05) is 6.08 Å². The predicted octanol–water partition coefficient (Wildman–Crippen LogP) is 0.857. The van der Waals surface area contributed by atoms with Crippen LogP contribution in [0.3, 0.4) is 0 Å². The average molecular weight is 965 g/mol. The number of alkyl carbamates (subject to hydrolysis) is 1. The van der Waals surface area contributed by atoms with Crippen LogP contribution >= 0.6 is 11.8 Å². The molecule has 25 heteroatoms. The van der Waals surface area contributed by atoms with Crippen LogP contribution in [0.1, 0.15) is 82.6 Å². The Morgan fingerprint density at radius 1 is 0.636 bits per heavy atom. The van der Waals surface area contributed by atoms with E-state index in [1.165, 1.54) is 6.08 Å². The van der Waals surface area contributed by atoms with E-state index in [-0.39, 0.29) is 18.8 Å². The molecule has 0 aromatic rings. The van der Waals surface area contributed by atoms with Gasteiger partial charge in [-0.15, -0.1) is 18.3 Å². The first-order valence-electron chi connectivity index (χ1n) is 20.5. The van der Waals surface area contributed by atoms with Gasteiger partial charge in [-0.2, -0.15) is 0 Å². The fourth-order valence-electron chi connectivity index (χ4n) is 6.34. The van der Waals surface area contributed by atoms with Gasteiger partial charge in [-0.05, 0) is 34.1 Å². The van der Waals surface area contributed by atoms with E-state index in [0.29, 0.717) is 0 Å². The van der Waals surface area contributed by atoms with E-state index >= 15 is 0 Å². The van der Waals surface area contributed by atoms with Crippen LogP contribution in [-0.4, -0.2) is 164 Å². The van der Waals surface area contributed by atoms with Crippen molar-refractivity contribution >= 4 is 71.5 Å². The summed E-state index contributed by atoms with van der Waals surface area (Å²) < 4.78 is 67.2. The molecule has 0 bridgehead atoms. The molecule has 12 atom stereocenters. The van der Waals surface area contributed by atoms with Gasteiger partial charge in [0.25, 0.3) is 0 Å². The van der Waals surface area contributed by atoms with Gasteiger partial charge in [0, 0.05) is 54.2 Å². The van der Waals surface area contributed by atoms with Crippen molar-refractivity contribution in [2.45, 2.75) is 161 Å². The van der Waals surface area contributed by atoms with E-state index < -0.39 is 151 Å². The number of carbonyl (C=O) groups is 10. The third kappa shape index (κ3) is 19.1. The summed E-state index contributed by atoms with van der Waals surface area (Å²) in [5, 5.41) is 3.95. The molecule has 1 unspecified atom stereocenters. The molecule has 2 amide bonds. The van der Waals surface area contributed by atoms with Gasteiger partial charge in [0.1, 0.15) is 43.2 Å². The predicted molar refractivity (Wildman–Crippen MR) is 222 cm³/mol. The third-order valence-corrected chi connectivity index (χ3v) is 9.95. The molecule has 0 saturated carbocycles. The molecule has 0 aromatic carbocycles. The summed E-state index contributed by atoms with van der Waals surface area (Å²) in [5.41, 5.74) is -0.913. The summed E-state index contributed by atoms with van der Waals surface area (Å²) in [5.74, 6) is -8.31. The van der Waals surface area contributed by atoms with Crippen LogP contribution in [0.4, 0.5) is 4.79 Å². The molecule has 0 aromatic heterocycles. The summed E-state index contributed by atoms with van der Waals surface area (Å²) in [7, 11) is 0. The fourth-order valence-corrected chi connectivity index (χ4v) is 7.47. The zero-order valence-electron chi connectivity index (χ0n) is 38.6. The minimum atomic E-state index is -1.92. The summed E-state index contributed by atoms with van der Waals surface area (Å²) >= 11 is 0.896. The summed E-state index contributed by atoms with van der Waals surface area (Å²) in [4.78, 5) is 127. The molecule has 2 aliphatic heterocycles. The Morgan fingerprint density at radius 3 is 1.58 bits per heavy atom. The Kier molecular flexibility index (Phi) is 22.8. The van der Waals surface area contributed by atoms with E-state index in [1.54, 1.807) is 27.7 Å². The highest BCUT2D eigenvalue weighted by Crippen LogP contribution is 2.35. The van der Waals surface area contributed by atoms with Gasteiger partial charge in [0.05, 0.1) is 11.9 Å². The van der Waals surface area contributed by atoms with Gasteiger partial charge in [-0.3, -0.25) is 38.4 Å². The van der Waals surface area contributed by atoms with Crippen LogP contribution in [0.2, 0.25) is 0 Å². The van der Waals surface area contributed by atoms with Crippen molar-refractivity contribution in [2.75, 3.05) is 25.6 Å². The molecule has 24 nitrogen and oxygen atoms in total. The normalized spacial score (nSPS) is 25.7. The van der Waals surface area contributed by atoms with Gasteiger partial charge in [0.2, 0.25) is 5.91 Å². The molecular formula is C41H60N2O22S. The lowest BCUT2D eigenvalue weighted by Gasteiger charge is -2.49. The SMILES string of the molecule is C=CCC(SC[C@H](NC(=O)OC(C)(C)C)C(=O)OCC)C(=O)N[C@@H]1O[C@H](COC(C)=O)[C@@H](O[C@@H]2O[C@H](COC(C)=O)[C@@H](OC(C)=O)[C@H](OC(C)=O)[C@H]2OC(C)=O)[C@H](OC(C)=O)[C@H]1OC(C)=O. The lowest BCUT2D eigenvalue weighted by Crippen LogP contribution is -2.69. The molecule has 2 fully saturated rings. The molecule has 0 aliphatic carbocycles. The third-order valence-electron chi connectivity index (χ3n) is 8.61. The second-order valence-corrected chi connectivity index (χ2v) is 16.8. The monoisotopic (exact) mass is 964 g/mol. The molecule has 2 aliphatic rings. The van der Waals surface area contributed by atoms with Crippen molar-refractivity contribution in [1.29, 1.82) is 0 Å². The zero-order valence-corrected chi connectivity index (χ0v) is 39.5. The van der Waals surface area contributed by atoms with Crippen molar-refractivity contribution in [1.82, 2.24) is 10.6 Å². The number of amides is 2. The Balaban J connectivity index is 2.71. The standard InChI is InChI=1S/C41H60N2O22S/c1-13-15-29(66-18-26(38(52)54-14-2)42-40(53)65-41(10,11)12)36(51)43-37-34(60-24(8)49)32(58-22(6)47)31(27(62-37)16-55-19(3)44)64-39-35(61-25(9)50)33(59-23(7)48)30(57-21(5)46)28(63-39)17-56-20(4)45/h13,26-35,37,39H,1,14-18H2,2-12H3,(H,42,53)(H,43,51)/t26-,27+,28+,29?,30+,31+,32-,33-,34+,35+,37+,39-/m0/s1. The largest absolute Gasteiger partial charge is 0.464 e. The quantitative estimate of drug-likeness (QED) is 0.0915. The highest BCUT2D eigenvalue weighted by molar-refractivity contribution is 8.00. The van der Waals surface area contributed by atoms with Crippen LogP contribution in [0.5, 0.6) is 0 Å². The average Bonchev–Trinajstić information content (AvgIpc) is 3.17. The lowest BCUT2D eigenvalue weighted by molar-refractivity contribution is -0.345. The van der Waals surface area contributed by atoms with Gasteiger partial charge >= 0.3 is 53.8 Å². The maximum atomic E-state index is 14.1. The van der Waals surface area contributed by atoms with Gasteiger partial charge in [-0.25, -0.2) is 9.59 Å². The summed E-state index contributed by atoms with van der Waals surface area (Å²) in [6, 6.07) is -1.29. The molecule has 66 heavy (non-hydrogen) atoms. The molecular weight excluding hydrogens is 905 g/mol. The maximum Gasteiger partial charge on any atom is 0.408 e. The van der Waals surface area contributed by atoms with Gasteiger partial charge in [0.15, 0.2) is 43.0 Å². The Hall–Kier alpha value is -5.53. The molecule has 0 radical (unpaired) electrons.